The fraction of sp³-hybridized carbons (Fsp3) is 0.667. The molecule has 2 atom stereocenters. The van der Waals surface area contributed by atoms with E-state index >= 15 is 0 Å². The van der Waals surface area contributed by atoms with Gasteiger partial charge in [0, 0.05) is 24.2 Å². The van der Waals surface area contributed by atoms with Crippen molar-refractivity contribution in [3.05, 3.63) is 35.6 Å². The van der Waals surface area contributed by atoms with Crippen LogP contribution in [0.25, 0.3) is 0 Å². The molecule has 1 aliphatic heterocycles. The fourth-order valence-electron chi connectivity index (χ4n) is 3.45. The lowest BCUT2D eigenvalue weighted by atomic mass is 9.95. The lowest BCUT2D eigenvalue weighted by molar-refractivity contribution is 0.112. The molecule has 2 nitrogen and oxygen atoms in total. The Kier molecular flexibility index (Phi) is 6.19. The lowest BCUT2D eigenvalue weighted by Crippen LogP contribution is -2.43. The van der Waals surface area contributed by atoms with Crippen LogP contribution in [0.15, 0.2) is 24.3 Å². The minimum absolute atomic E-state index is 0.0724. The Morgan fingerprint density at radius 2 is 2.10 bits per heavy atom. The van der Waals surface area contributed by atoms with Gasteiger partial charge in [-0.1, -0.05) is 25.1 Å². The second-order valence-electron chi connectivity index (χ2n) is 6.45. The Hall–Kier alpha value is -0.930. The van der Waals surface area contributed by atoms with Crippen molar-refractivity contribution in [2.45, 2.75) is 52.1 Å². The molecule has 118 valence electrons. The number of hydrogen-bond acceptors (Lipinski definition) is 2. The second-order valence-corrected chi connectivity index (χ2v) is 6.45. The van der Waals surface area contributed by atoms with E-state index < -0.39 is 0 Å². The van der Waals surface area contributed by atoms with Crippen LogP contribution in [0, 0.1) is 11.7 Å². The van der Waals surface area contributed by atoms with Crippen LogP contribution in [0.4, 0.5) is 4.39 Å². The van der Waals surface area contributed by atoms with E-state index in [9.17, 15) is 4.39 Å². The summed E-state index contributed by atoms with van der Waals surface area (Å²) in [6, 6.07) is 7.85. The van der Waals surface area contributed by atoms with Gasteiger partial charge in [0.15, 0.2) is 0 Å². The maximum atomic E-state index is 14.2. The van der Waals surface area contributed by atoms with Gasteiger partial charge >= 0.3 is 0 Å². The Bertz CT molecular complexity index is 427. The van der Waals surface area contributed by atoms with E-state index in [0.717, 1.165) is 31.6 Å². The van der Waals surface area contributed by atoms with Crippen LogP contribution < -0.4 is 5.32 Å². The van der Waals surface area contributed by atoms with Crippen molar-refractivity contribution < 1.29 is 4.39 Å². The quantitative estimate of drug-likeness (QED) is 0.853. The first-order valence-corrected chi connectivity index (χ1v) is 8.34. The van der Waals surface area contributed by atoms with Crippen molar-refractivity contribution in [1.82, 2.24) is 10.2 Å². The zero-order chi connectivity index (χ0) is 15.2. The van der Waals surface area contributed by atoms with E-state index in [2.05, 4.69) is 31.0 Å². The molecule has 1 aromatic rings. The minimum atomic E-state index is -0.0724. The van der Waals surface area contributed by atoms with Crippen molar-refractivity contribution in [2.75, 3.05) is 19.6 Å². The molecule has 0 radical (unpaired) electrons. The molecule has 2 rings (SSSR count). The first-order valence-electron chi connectivity index (χ1n) is 8.34. The monoisotopic (exact) mass is 292 g/mol. The molecule has 1 aliphatic rings. The number of nitrogens with zero attached hydrogens (tertiary/aromatic N) is 1. The summed E-state index contributed by atoms with van der Waals surface area (Å²) in [5.74, 6) is 0.610. The molecule has 0 bridgehead atoms. The molecule has 3 heteroatoms. The van der Waals surface area contributed by atoms with Gasteiger partial charge in [-0.3, -0.25) is 4.90 Å². The lowest BCUT2D eigenvalue weighted by Gasteiger charge is -2.38. The minimum Gasteiger partial charge on any atom is -0.316 e. The van der Waals surface area contributed by atoms with E-state index in [1.807, 2.05) is 12.1 Å². The average Bonchev–Trinajstić information content (AvgIpc) is 2.49. The first kappa shape index (κ1) is 16.4. The van der Waals surface area contributed by atoms with Crippen LogP contribution in [0.3, 0.4) is 0 Å². The summed E-state index contributed by atoms with van der Waals surface area (Å²) in [6.45, 7) is 9.89. The van der Waals surface area contributed by atoms with Gasteiger partial charge in [0.05, 0.1) is 0 Å². The molecule has 0 saturated carbocycles. The van der Waals surface area contributed by atoms with E-state index in [4.69, 9.17) is 0 Å². The third kappa shape index (κ3) is 4.27. The topological polar surface area (TPSA) is 15.3 Å². The van der Waals surface area contributed by atoms with Crippen LogP contribution in [0.2, 0.25) is 0 Å². The molecule has 0 aliphatic carbocycles. The molecule has 1 aromatic carbocycles. The largest absolute Gasteiger partial charge is 0.316 e. The zero-order valence-electron chi connectivity index (χ0n) is 13.6. The molecule has 2 unspecified atom stereocenters. The summed E-state index contributed by atoms with van der Waals surface area (Å²) in [5, 5.41) is 3.49. The summed E-state index contributed by atoms with van der Waals surface area (Å²) in [6.07, 6.45) is 3.48. The van der Waals surface area contributed by atoms with Gasteiger partial charge in [-0.15, -0.1) is 0 Å². The zero-order valence-corrected chi connectivity index (χ0v) is 13.6. The van der Waals surface area contributed by atoms with Gasteiger partial charge in [0.2, 0.25) is 0 Å². The Labute approximate surface area is 128 Å². The number of nitrogens with one attached hydrogen (secondary N) is 1. The second kappa shape index (κ2) is 7.90. The van der Waals surface area contributed by atoms with Crippen LogP contribution in [-0.4, -0.2) is 30.6 Å². The number of benzene rings is 1. The van der Waals surface area contributed by atoms with Gasteiger partial charge in [0.1, 0.15) is 5.82 Å². The highest BCUT2D eigenvalue weighted by Crippen LogP contribution is 2.29. The normalized spacial score (nSPS) is 21.0. The highest BCUT2D eigenvalue weighted by Gasteiger charge is 2.26. The molecule has 1 N–H and O–H groups in total. The number of rotatable bonds is 6. The van der Waals surface area contributed by atoms with Gasteiger partial charge in [-0.25, -0.2) is 4.39 Å². The number of hydrogen-bond donors (Lipinski definition) is 1. The molecule has 1 saturated heterocycles. The average molecular weight is 292 g/mol. The van der Waals surface area contributed by atoms with Crippen LogP contribution in [0.5, 0.6) is 0 Å². The Morgan fingerprint density at radius 1 is 1.33 bits per heavy atom. The van der Waals surface area contributed by atoms with Crippen molar-refractivity contribution in [1.29, 1.82) is 0 Å². The van der Waals surface area contributed by atoms with Crippen LogP contribution in [-0.2, 0) is 0 Å². The molecule has 21 heavy (non-hydrogen) atoms. The van der Waals surface area contributed by atoms with Gasteiger partial charge in [-0.2, -0.15) is 0 Å². The van der Waals surface area contributed by atoms with E-state index in [-0.39, 0.29) is 11.9 Å². The van der Waals surface area contributed by atoms with Crippen molar-refractivity contribution in [2.24, 2.45) is 5.92 Å². The van der Waals surface area contributed by atoms with E-state index in [1.54, 1.807) is 12.1 Å². The molecule has 0 spiro atoms. The Balaban J connectivity index is 2.16. The van der Waals surface area contributed by atoms with Crippen molar-refractivity contribution in [3.63, 3.8) is 0 Å². The first-order chi connectivity index (χ1) is 10.1. The van der Waals surface area contributed by atoms with Crippen LogP contribution >= 0.6 is 0 Å². The van der Waals surface area contributed by atoms with Gasteiger partial charge in [-0.05, 0) is 58.2 Å². The third-order valence-electron chi connectivity index (χ3n) is 4.58. The summed E-state index contributed by atoms with van der Waals surface area (Å²) < 4.78 is 14.2. The predicted molar refractivity (Wildman–Crippen MR) is 86.9 cm³/mol. The molecule has 1 fully saturated rings. The van der Waals surface area contributed by atoms with Crippen LogP contribution in [0.1, 0.15) is 51.6 Å². The van der Waals surface area contributed by atoms with E-state index in [1.165, 1.54) is 12.8 Å². The number of piperidine rings is 1. The van der Waals surface area contributed by atoms with Crippen molar-refractivity contribution in [3.8, 4) is 0 Å². The molecular formula is C18H29FN2. The summed E-state index contributed by atoms with van der Waals surface area (Å²) in [5.41, 5.74) is 0.845. The highest BCUT2D eigenvalue weighted by molar-refractivity contribution is 5.21. The SMILES string of the molecule is CCC(c1ccccc1F)N(CC1CCCNC1)C(C)C. The summed E-state index contributed by atoms with van der Waals surface area (Å²) >= 11 is 0. The predicted octanol–water partition coefficient (Wildman–Crippen LogP) is 3.99. The molecule has 0 amide bonds. The smallest absolute Gasteiger partial charge is 0.127 e. The fourth-order valence-corrected chi connectivity index (χ4v) is 3.45. The maximum absolute atomic E-state index is 14.2. The van der Waals surface area contributed by atoms with E-state index in [0.29, 0.717) is 12.0 Å². The summed E-state index contributed by atoms with van der Waals surface area (Å²) in [7, 11) is 0. The van der Waals surface area contributed by atoms with Crippen molar-refractivity contribution >= 4 is 0 Å². The Morgan fingerprint density at radius 3 is 2.67 bits per heavy atom. The molecular weight excluding hydrogens is 263 g/mol. The molecule has 1 heterocycles. The van der Waals surface area contributed by atoms with Gasteiger partial charge < -0.3 is 5.32 Å². The highest BCUT2D eigenvalue weighted by atomic mass is 19.1. The third-order valence-corrected chi connectivity index (χ3v) is 4.58. The van der Waals surface area contributed by atoms with Gasteiger partial charge in [0.25, 0.3) is 0 Å². The molecule has 0 aromatic heterocycles. The maximum Gasteiger partial charge on any atom is 0.127 e. The number of halogens is 1. The standard InChI is InChI=1S/C18H29FN2/c1-4-18(16-9-5-6-10-17(16)19)21(14(2)3)13-15-8-7-11-20-12-15/h5-6,9-10,14-15,18,20H,4,7-8,11-13H2,1-3H3. The summed E-state index contributed by atoms with van der Waals surface area (Å²) in [4.78, 5) is 2.48.